The molecule has 5 nitrogen and oxygen atoms in total. The second-order valence-electron chi connectivity index (χ2n) is 3.83. The van der Waals surface area contributed by atoms with Crippen LogP contribution in [0.4, 0.5) is 5.00 Å². The highest BCUT2D eigenvalue weighted by molar-refractivity contribution is 7.10. The topological polar surface area (TPSA) is 77.2 Å². The van der Waals surface area contributed by atoms with Gasteiger partial charge in [-0.3, -0.25) is 4.79 Å². The van der Waals surface area contributed by atoms with Gasteiger partial charge in [0.2, 0.25) is 0 Å². The van der Waals surface area contributed by atoms with E-state index in [0.717, 1.165) is 10.7 Å². The number of aliphatic carboxylic acids is 1. The van der Waals surface area contributed by atoms with Crippen LogP contribution in [0.1, 0.15) is 17.7 Å². The summed E-state index contributed by atoms with van der Waals surface area (Å²) >= 11 is 1.27. The van der Waals surface area contributed by atoms with E-state index in [4.69, 9.17) is 10.4 Å². The van der Waals surface area contributed by atoms with Crippen molar-refractivity contribution >= 4 is 22.5 Å². The lowest BCUT2D eigenvalue weighted by atomic mass is 10.1. The fraction of sp³-hybridized carbons (Fsp3) is 0.500. The highest BCUT2D eigenvalue weighted by Crippen LogP contribution is 2.32. The molecule has 16 heavy (non-hydrogen) atoms. The number of nitrogens with zero attached hydrogens (tertiary/aromatic N) is 3. The monoisotopic (exact) mass is 237 g/mol. The van der Waals surface area contributed by atoms with Gasteiger partial charge in [-0.25, -0.2) is 0 Å². The highest BCUT2D eigenvalue weighted by atomic mass is 32.1. The summed E-state index contributed by atoms with van der Waals surface area (Å²) in [5.74, 6) is -1.09. The molecule has 84 valence electrons. The van der Waals surface area contributed by atoms with E-state index in [-0.39, 0.29) is 5.92 Å². The van der Waals surface area contributed by atoms with Crippen LogP contribution in [0, 0.1) is 24.2 Å². The van der Waals surface area contributed by atoms with Gasteiger partial charge in [0.05, 0.1) is 11.6 Å². The molecule has 0 spiro atoms. The third kappa shape index (κ3) is 1.74. The van der Waals surface area contributed by atoms with Crippen molar-refractivity contribution in [1.82, 2.24) is 4.37 Å². The minimum atomic E-state index is -0.762. The number of aryl methyl sites for hydroxylation is 1. The maximum atomic E-state index is 10.8. The van der Waals surface area contributed by atoms with Gasteiger partial charge in [-0.05, 0) is 24.9 Å². The fourth-order valence-corrected chi connectivity index (χ4v) is 2.73. The van der Waals surface area contributed by atoms with E-state index in [2.05, 4.69) is 10.4 Å². The van der Waals surface area contributed by atoms with Crippen LogP contribution >= 0.6 is 11.5 Å². The Morgan fingerprint density at radius 3 is 3.06 bits per heavy atom. The van der Waals surface area contributed by atoms with Crippen LogP contribution in [-0.2, 0) is 4.79 Å². The first-order chi connectivity index (χ1) is 7.63. The Morgan fingerprint density at radius 2 is 2.50 bits per heavy atom. The van der Waals surface area contributed by atoms with Crippen molar-refractivity contribution in [2.45, 2.75) is 13.3 Å². The van der Waals surface area contributed by atoms with Crippen molar-refractivity contribution in [3.63, 3.8) is 0 Å². The number of anilines is 1. The Kier molecular flexibility index (Phi) is 2.79. The summed E-state index contributed by atoms with van der Waals surface area (Å²) in [6, 6.07) is 2.12. The average molecular weight is 237 g/mol. The third-order valence-electron chi connectivity index (χ3n) is 2.78. The zero-order valence-electron chi connectivity index (χ0n) is 8.80. The second-order valence-corrected chi connectivity index (χ2v) is 4.58. The summed E-state index contributed by atoms with van der Waals surface area (Å²) in [6.07, 6.45) is 0.636. The first-order valence-electron chi connectivity index (χ1n) is 4.97. The lowest BCUT2D eigenvalue weighted by molar-refractivity contribution is -0.140. The molecule has 1 N–H and O–H groups in total. The summed E-state index contributed by atoms with van der Waals surface area (Å²) in [5, 5.41) is 18.7. The molecule has 0 amide bonds. The number of hydrogen-bond donors (Lipinski definition) is 1. The van der Waals surface area contributed by atoms with E-state index in [1.165, 1.54) is 11.5 Å². The van der Waals surface area contributed by atoms with E-state index in [1.807, 2.05) is 4.90 Å². The van der Waals surface area contributed by atoms with Gasteiger partial charge in [0.15, 0.2) is 0 Å². The molecule has 0 aromatic carbocycles. The number of carboxylic acids is 1. The van der Waals surface area contributed by atoms with Gasteiger partial charge >= 0.3 is 5.97 Å². The van der Waals surface area contributed by atoms with Gasteiger partial charge < -0.3 is 10.0 Å². The Bertz CT molecular complexity index is 463. The van der Waals surface area contributed by atoms with Gasteiger partial charge in [-0.15, -0.1) is 0 Å². The molecular weight excluding hydrogens is 226 g/mol. The Labute approximate surface area is 97.1 Å². The van der Waals surface area contributed by atoms with Crippen molar-refractivity contribution in [2.75, 3.05) is 18.0 Å². The van der Waals surface area contributed by atoms with Gasteiger partial charge in [-0.2, -0.15) is 9.64 Å². The molecule has 1 aliphatic heterocycles. The Balaban J connectivity index is 2.21. The zero-order chi connectivity index (χ0) is 11.7. The third-order valence-corrected chi connectivity index (χ3v) is 3.78. The first kappa shape index (κ1) is 10.9. The summed E-state index contributed by atoms with van der Waals surface area (Å²) in [7, 11) is 0. The smallest absolute Gasteiger partial charge is 0.308 e. The van der Waals surface area contributed by atoms with Crippen LogP contribution in [0.3, 0.4) is 0 Å². The van der Waals surface area contributed by atoms with Crippen LogP contribution in [0.2, 0.25) is 0 Å². The Hall–Kier alpha value is -1.61. The fourth-order valence-electron chi connectivity index (χ4n) is 1.85. The normalized spacial score (nSPS) is 19.8. The van der Waals surface area contributed by atoms with E-state index in [9.17, 15) is 4.79 Å². The SMILES string of the molecule is Cc1nsc(N2CCC(C(=O)O)C2)c1C#N. The largest absolute Gasteiger partial charge is 0.481 e. The van der Waals surface area contributed by atoms with Crippen molar-refractivity contribution in [3.05, 3.63) is 11.3 Å². The van der Waals surface area contributed by atoms with Gasteiger partial charge in [0.1, 0.15) is 16.6 Å². The van der Waals surface area contributed by atoms with Crippen molar-refractivity contribution in [2.24, 2.45) is 5.92 Å². The Morgan fingerprint density at radius 1 is 1.75 bits per heavy atom. The number of nitriles is 1. The molecule has 1 aromatic heterocycles. The van der Waals surface area contributed by atoms with Crippen molar-refractivity contribution < 1.29 is 9.90 Å². The maximum Gasteiger partial charge on any atom is 0.308 e. The first-order valence-corrected chi connectivity index (χ1v) is 5.75. The standard InChI is InChI=1S/C10H11N3O2S/c1-6-8(4-11)9(16-12-6)13-3-2-7(5-13)10(14)15/h7H,2-3,5H2,1H3,(H,14,15). The molecule has 1 aromatic rings. The molecule has 1 fully saturated rings. The summed E-state index contributed by atoms with van der Waals surface area (Å²) < 4.78 is 4.13. The average Bonchev–Trinajstić information content (AvgIpc) is 2.83. The van der Waals surface area contributed by atoms with E-state index in [0.29, 0.717) is 25.1 Å². The number of carboxylic acid groups (broad SMARTS) is 1. The predicted molar refractivity (Wildman–Crippen MR) is 59.5 cm³/mol. The van der Waals surface area contributed by atoms with Gasteiger partial charge in [0, 0.05) is 13.1 Å². The minimum absolute atomic E-state index is 0.325. The van der Waals surface area contributed by atoms with Crippen molar-refractivity contribution in [3.8, 4) is 6.07 Å². The van der Waals surface area contributed by atoms with Crippen LogP contribution in [0.15, 0.2) is 0 Å². The second kappa shape index (κ2) is 4.10. The quantitative estimate of drug-likeness (QED) is 0.837. The molecule has 1 unspecified atom stereocenters. The van der Waals surface area contributed by atoms with E-state index >= 15 is 0 Å². The van der Waals surface area contributed by atoms with E-state index < -0.39 is 5.97 Å². The predicted octanol–water partition coefficient (Wildman–Crippen LogP) is 1.23. The van der Waals surface area contributed by atoms with Crippen LogP contribution in [0.5, 0.6) is 0 Å². The molecule has 1 saturated heterocycles. The molecule has 0 radical (unpaired) electrons. The van der Waals surface area contributed by atoms with Gasteiger partial charge in [-0.1, -0.05) is 0 Å². The summed E-state index contributed by atoms with van der Waals surface area (Å²) in [4.78, 5) is 12.8. The number of aromatic nitrogens is 1. The van der Waals surface area contributed by atoms with Crippen LogP contribution in [-0.4, -0.2) is 28.5 Å². The lowest BCUT2D eigenvalue weighted by Gasteiger charge is -2.15. The molecule has 1 atom stereocenters. The number of hydrogen-bond acceptors (Lipinski definition) is 5. The molecule has 6 heteroatoms. The van der Waals surface area contributed by atoms with E-state index in [1.54, 1.807) is 6.92 Å². The highest BCUT2D eigenvalue weighted by Gasteiger charge is 2.30. The summed E-state index contributed by atoms with van der Waals surface area (Å²) in [6.45, 7) is 2.96. The maximum absolute atomic E-state index is 10.8. The van der Waals surface area contributed by atoms with Crippen LogP contribution < -0.4 is 4.90 Å². The lowest BCUT2D eigenvalue weighted by Crippen LogP contribution is -2.22. The molecule has 0 aliphatic carbocycles. The van der Waals surface area contributed by atoms with Crippen molar-refractivity contribution in [1.29, 1.82) is 5.26 Å². The number of rotatable bonds is 2. The molecule has 2 rings (SSSR count). The molecule has 0 bridgehead atoms. The zero-order valence-corrected chi connectivity index (χ0v) is 9.62. The molecule has 2 heterocycles. The number of carbonyl (C=O) groups is 1. The van der Waals surface area contributed by atoms with Gasteiger partial charge in [0.25, 0.3) is 0 Å². The molecule has 1 aliphatic rings. The minimum Gasteiger partial charge on any atom is -0.481 e. The van der Waals surface area contributed by atoms with Crippen LogP contribution in [0.25, 0.3) is 0 Å². The summed E-state index contributed by atoms with van der Waals surface area (Å²) in [5.41, 5.74) is 1.30. The molecule has 0 saturated carbocycles. The molecular formula is C10H11N3O2S.